The molecule has 0 aromatic heterocycles. The first-order valence-electron chi connectivity index (χ1n) is 7.07. The van der Waals surface area contributed by atoms with Gasteiger partial charge in [-0.1, -0.05) is 5.92 Å². The fraction of sp³-hybridized carbons (Fsp3) is 0.333. The molecular weight excluding hydrogens is 288 g/mol. The Morgan fingerprint density at radius 1 is 1.48 bits per heavy atom. The zero-order valence-corrected chi connectivity index (χ0v) is 13.7. The molecule has 0 spiro atoms. The van der Waals surface area contributed by atoms with E-state index in [2.05, 4.69) is 37.8 Å². The number of ether oxygens (including phenoxy) is 1. The van der Waals surface area contributed by atoms with Gasteiger partial charge in [0.05, 0.1) is 7.11 Å². The van der Waals surface area contributed by atoms with Gasteiger partial charge in [-0.3, -0.25) is 0 Å². The molecule has 118 valence electrons. The van der Waals surface area contributed by atoms with Crippen molar-refractivity contribution in [2.24, 2.45) is 11.1 Å². The second kappa shape index (κ2) is 8.34. The van der Waals surface area contributed by atoms with Crippen LogP contribution < -0.4 is 23.6 Å². The van der Waals surface area contributed by atoms with Crippen LogP contribution >= 0.6 is 0 Å². The van der Waals surface area contributed by atoms with Gasteiger partial charge in [-0.25, -0.2) is 10.8 Å². The minimum atomic E-state index is -0.564. The number of rotatable bonds is 5. The summed E-state index contributed by atoms with van der Waals surface area (Å²) < 4.78 is 18.3. The summed E-state index contributed by atoms with van der Waals surface area (Å²) in [6, 6.07) is 4.49. The molecule has 0 radical (unpaired) electrons. The molecule has 1 atom stereocenters. The van der Waals surface area contributed by atoms with Gasteiger partial charge in [-0.2, -0.15) is 5.92 Å². The topological polar surface area (TPSA) is 30.8 Å². The minimum absolute atomic E-state index is 0. The molecule has 2 rings (SSSR count). The molecule has 1 aromatic rings. The molecule has 5 heteroatoms. The number of hydrogen-bond acceptors (Lipinski definition) is 3. The van der Waals surface area contributed by atoms with E-state index in [0.717, 1.165) is 12.8 Å². The monoisotopic (exact) mass is 307 g/mol. The van der Waals surface area contributed by atoms with E-state index in [-0.39, 0.29) is 30.5 Å². The Kier molecular flexibility index (Phi) is 7.07. The summed E-state index contributed by atoms with van der Waals surface area (Å²) in [6.07, 6.45) is 2.22. The molecule has 0 unspecified atom stereocenters. The Bertz CT molecular complexity index is 630. The van der Waals surface area contributed by atoms with E-state index in [1.165, 1.54) is 13.2 Å². The number of benzene rings is 1. The Morgan fingerprint density at radius 2 is 2.17 bits per heavy atom. The summed E-state index contributed by atoms with van der Waals surface area (Å²) in [6.45, 7) is 11.4. The van der Waals surface area contributed by atoms with Crippen molar-refractivity contribution in [3.05, 3.63) is 50.4 Å². The van der Waals surface area contributed by atoms with Crippen molar-refractivity contribution >= 4 is 5.71 Å². The standard InChI is InChI=1S/C18H19FNO2.Li/c1-5-13(2)14(3)20-22-18(10-11-18)9-8-15-6-7-16(19)17(12-15)21-4;/h6-7,12-13H,1-3,5,10-11H2,4H3;/q-3;+1/b20-14+;/t13-;/m0./s1. The van der Waals surface area contributed by atoms with Crippen LogP contribution in [0.5, 0.6) is 5.75 Å². The average Bonchev–Trinajstić information content (AvgIpc) is 3.31. The first-order valence-corrected chi connectivity index (χ1v) is 7.07. The van der Waals surface area contributed by atoms with Crippen LogP contribution in [0.3, 0.4) is 0 Å². The molecule has 1 fully saturated rings. The molecule has 1 aliphatic carbocycles. The number of nitrogens with zero attached hydrogens (tertiary/aromatic N) is 1. The number of methoxy groups -OCH3 is 1. The van der Waals surface area contributed by atoms with Gasteiger partial charge in [-0.05, 0) is 24.1 Å². The van der Waals surface area contributed by atoms with E-state index < -0.39 is 11.4 Å². The van der Waals surface area contributed by atoms with Gasteiger partial charge in [0.15, 0.2) is 17.2 Å². The second-order valence-electron chi connectivity index (χ2n) is 5.25. The van der Waals surface area contributed by atoms with E-state index in [1.807, 2.05) is 0 Å². The van der Waals surface area contributed by atoms with E-state index in [1.54, 1.807) is 12.1 Å². The first-order chi connectivity index (χ1) is 10.5. The maximum atomic E-state index is 13.3. The third-order valence-corrected chi connectivity index (χ3v) is 3.45. The van der Waals surface area contributed by atoms with Crippen LogP contribution in [-0.4, -0.2) is 18.4 Å². The van der Waals surface area contributed by atoms with Crippen LogP contribution in [0.15, 0.2) is 23.4 Å². The maximum Gasteiger partial charge on any atom is 1.00 e. The van der Waals surface area contributed by atoms with Gasteiger partial charge in [0, 0.05) is 18.4 Å². The second-order valence-corrected chi connectivity index (χ2v) is 5.25. The van der Waals surface area contributed by atoms with Crippen molar-refractivity contribution in [2.75, 3.05) is 7.11 Å². The third-order valence-electron chi connectivity index (χ3n) is 3.45. The van der Waals surface area contributed by atoms with E-state index in [0.29, 0.717) is 17.7 Å². The van der Waals surface area contributed by atoms with Crippen molar-refractivity contribution < 1.29 is 32.8 Å². The Morgan fingerprint density at radius 3 is 2.74 bits per heavy atom. The van der Waals surface area contributed by atoms with Gasteiger partial charge in [-0.15, -0.1) is 10.9 Å². The largest absolute Gasteiger partial charge is 1.00 e. The predicted octanol–water partition coefficient (Wildman–Crippen LogP) is 0.604. The molecule has 0 aliphatic heterocycles. The van der Waals surface area contributed by atoms with Gasteiger partial charge < -0.3 is 30.3 Å². The van der Waals surface area contributed by atoms with Crippen molar-refractivity contribution in [1.29, 1.82) is 0 Å². The maximum absolute atomic E-state index is 13.3. The van der Waals surface area contributed by atoms with Gasteiger partial charge in [0.25, 0.3) is 0 Å². The predicted molar refractivity (Wildman–Crippen MR) is 84.5 cm³/mol. The average molecular weight is 307 g/mol. The molecule has 1 aliphatic rings. The van der Waals surface area contributed by atoms with Crippen LogP contribution in [0.25, 0.3) is 0 Å². The molecule has 3 nitrogen and oxygen atoms in total. The number of hydrogen-bond donors (Lipinski definition) is 0. The fourth-order valence-corrected chi connectivity index (χ4v) is 1.66. The van der Waals surface area contributed by atoms with Crippen molar-refractivity contribution in [2.45, 2.75) is 24.9 Å². The molecule has 0 amide bonds. The molecule has 23 heavy (non-hydrogen) atoms. The van der Waals surface area contributed by atoms with Crippen LogP contribution in [0.1, 0.15) is 24.8 Å². The van der Waals surface area contributed by atoms with Gasteiger partial charge in [0.1, 0.15) is 0 Å². The molecule has 1 saturated carbocycles. The van der Waals surface area contributed by atoms with E-state index in [9.17, 15) is 4.39 Å². The zero-order chi connectivity index (χ0) is 16.2. The molecule has 0 heterocycles. The number of halogens is 1. The van der Waals surface area contributed by atoms with Gasteiger partial charge >= 0.3 is 18.9 Å². The summed E-state index contributed by atoms with van der Waals surface area (Å²) in [5, 5.41) is 4.01. The summed E-state index contributed by atoms with van der Waals surface area (Å²) in [5.74, 6) is 5.72. The smallest absolute Gasteiger partial charge is 0.494 e. The molecule has 1 aromatic carbocycles. The molecule has 0 N–H and O–H groups in total. The third kappa shape index (κ3) is 5.24. The van der Waals surface area contributed by atoms with Crippen LogP contribution in [0.2, 0.25) is 0 Å². The fourth-order valence-electron chi connectivity index (χ4n) is 1.66. The minimum Gasteiger partial charge on any atom is -0.494 e. The summed E-state index contributed by atoms with van der Waals surface area (Å²) in [4.78, 5) is 5.51. The quantitative estimate of drug-likeness (QED) is 0.262. The summed E-state index contributed by atoms with van der Waals surface area (Å²) in [5.41, 5.74) is 0.664. The Balaban J connectivity index is 0.00000264. The Labute approximate surface area is 149 Å². The molecular formula is C18H19FLiNO2-2. The van der Waals surface area contributed by atoms with E-state index in [4.69, 9.17) is 9.57 Å². The van der Waals surface area contributed by atoms with Crippen molar-refractivity contribution in [3.8, 4) is 17.6 Å². The van der Waals surface area contributed by atoms with Crippen LogP contribution in [0, 0.1) is 44.3 Å². The SMILES string of the molecule is [CH2-]C[C@H]([CH2-])/C([CH2-])=N/OC1(C#Cc2ccc(F)c(OC)c2)CC1.[Li+]. The zero-order valence-electron chi connectivity index (χ0n) is 13.7. The van der Waals surface area contributed by atoms with Crippen LogP contribution in [0.4, 0.5) is 4.39 Å². The summed E-state index contributed by atoms with van der Waals surface area (Å²) >= 11 is 0. The molecule has 0 bridgehead atoms. The number of oxime groups is 1. The first kappa shape index (κ1) is 19.5. The van der Waals surface area contributed by atoms with Crippen molar-refractivity contribution in [1.82, 2.24) is 0 Å². The van der Waals surface area contributed by atoms with E-state index >= 15 is 0 Å². The van der Waals surface area contributed by atoms with Crippen LogP contribution in [-0.2, 0) is 4.84 Å². The Hall–Kier alpha value is -1.55. The van der Waals surface area contributed by atoms with Crippen molar-refractivity contribution in [3.63, 3.8) is 0 Å². The molecule has 0 saturated heterocycles. The normalized spacial score (nSPS) is 16.4. The summed E-state index contributed by atoms with van der Waals surface area (Å²) in [7, 11) is 1.42. The van der Waals surface area contributed by atoms with Gasteiger partial charge in [0.2, 0.25) is 0 Å².